The van der Waals surface area contributed by atoms with Crippen LogP contribution in [0.5, 0.6) is 5.75 Å². The number of nitrogens with zero attached hydrogens (tertiary/aromatic N) is 2. The largest absolute Gasteiger partial charge is 0.486 e. The first-order chi connectivity index (χ1) is 20.2. The molecule has 8 nitrogen and oxygen atoms in total. The van der Waals surface area contributed by atoms with Crippen molar-refractivity contribution in [3.8, 4) is 5.75 Å². The fourth-order valence-electron chi connectivity index (χ4n) is 4.84. The lowest BCUT2D eigenvalue weighted by atomic mass is 9.99. The highest BCUT2D eigenvalue weighted by Crippen LogP contribution is 2.36. The maximum absolute atomic E-state index is 13.7. The Balaban J connectivity index is 1.66. The lowest BCUT2D eigenvalue weighted by Crippen LogP contribution is -2.49. The van der Waals surface area contributed by atoms with E-state index in [1.54, 1.807) is 20.0 Å². The zero-order valence-electron chi connectivity index (χ0n) is 23.8. The standard InChI is InChI=1S/C30H33ClF3N3O5S/c1-19-15-37(20(2)18-38)29(39)25-5-4-6-26(35-43(40,41)24-13-11-23(31)12-14-24)28(25)42-27(19)17-36(3)16-21-7-9-22(10-8-21)30(32,33)34/h4-14,19-20,27,35,38H,15-18H2,1-3H3/t19-,20+,27-/m0/s1. The molecule has 1 amide bonds. The number of aliphatic hydroxyl groups is 1. The van der Waals surface area contributed by atoms with Crippen molar-refractivity contribution in [1.29, 1.82) is 0 Å². The predicted molar refractivity (Wildman–Crippen MR) is 158 cm³/mol. The number of fused-ring (bicyclic) bond motifs is 1. The molecule has 1 aliphatic heterocycles. The van der Waals surface area contributed by atoms with E-state index in [1.165, 1.54) is 53.4 Å². The number of sulfonamides is 1. The maximum Gasteiger partial charge on any atom is 0.416 e. The Labute approximate surface area is 254 Å². The number of likely N-dealkylation sites (N-methyl/N-ethyl adjacent to an activating group) is 1. The normalized spacial score (nSPS) is 18.4. The van der Waals surface area contributed by atoms with Crippen LogP contribution in [0.2, 0.25) is 5.02 Å². The van der Waals surface area contributed by atoms with E-state index in [9.17, 15) is 31.5 Å². The van der Waals surface area contributed by atoms with Crippen LogP contribution in [0.3, 0.4) is 0 Å². The Bertz CT molecular complexity index is 1540. The fraction of sp³-hybridized carbons (Fsp3) is 0.367. The van der Waals surface area contributed by atoms with E-state index in [0.717, 1.165) is 12.1 Å². The van der Waals surface area contributed by atoms with Crippen molar-refractivity contribution in [2.24, 2.45) is 5.92 Å². The average Bonchev–Trinajstić information content (AvgIpc) is 2.94. The van der Waals surface area contributed by atoms with E-state index in [2.05, 4.69) is 4.72 Å². The molecule has 0 saturated heterocycles. The minimum atomic E-state index is -4.43. The van der Waals surface area contributed by atoms with Crippen molar-refractivity contribution in [3.05, 3.63) is 88.4 Å². The van der Waals surface area contributed by atoms with Gasteiger partial charge in [-0.3, -0.25) is 14.4 Å². The first-order valence-electron chi connectivity index (χ1n) is 13.5. The lowest BCUT2D eigenvalue weighted by Gasteiger charge is -2.38. The molecule has 0 radical (unpaired) electrons. The smallest absolute Gasteiger partial charge is 0.416 e. The number of carbonyl (C=O) groups excluding carboxylic acids is 1. The zero-order chi connectivity index (χ0) is 31.5. The van der Waals surface area contributed by atoms with Crippen molar-refractivity contribution < 1.29 is 36.2 Å². The number of rotatable bonds is 9. The number of benzene rings is 3. The summed E-state index contributed by atoms with van der Waals surface area (Å²) in [6.07, 6.45) is -5.00. The third-order valence-electron chi connectivity index (χ3n) is 7.28. The van der Waals surface area contributed by atoms with Gasteiger partial charge in [-0.2, -0.15) is 13.2 Å². The van der Waals surface area contributed by atoms with Crippen molar-refractivity contribution in [2.45, 2.75) is 43.6 Å². The molecule has 0 unspecified atom stereocenters. The minimum Gasteiger partial charge on any atom is -0.486 e. The molecule has 3 atom stereocenters. The van der Waals surface area contributed by atoms with Crippen LogP contribution in [0.4, 0.5) is 18.9 Å². The first-order valence-corrected chi connectivity index (χ1v) is 15.4. The molecule has 0 spiro atoms. The van der Waals surface area contributed by atoms with Crippen LogP contribution < -0.4 is 9.46 Å². The summed E-state index contributed by atoms with van der Waals surface area (Å²) in [6.45, 7) is 4.18. The molecule has 3 aromatic rings. The van der Waals surface area contributed by atoms with Crippen LogP contribution in [0.15, 0.2) is 71.6 Å². The number of carbonyl (C=O) groups is 1. The molecule has 13 heteroatoms. The molecule has 0 aliphatic carbocycles. The van der Waals surface area contributed by atoms with Gasteiger partial charge in [-0.05, 0) is 68.1 Å². The fourth-order valence-corrected chi connectivity index (χ4v) is 6.03. The van der Waals surface area contributed by atoms with Gasteiger partial charge in [0.2, 0.25) is 0 Å². The molecule has 2 N–H and O–H groups in total. The van der Waals surface area contributed by atoms with Gasteiger partial charge in [0.1, 0.15) is 6.10 Å². The summed E-state index contributed by atoms with van der Waals surface area (Å²) in [4.78, 5) is 17.1. The van der Waals surface area contributed by atoms with E-state index in [1.807, 2.05) is 11.8 Å². The second-order valence-corrected chi connectivity index (χ2v) is 12.9. The summed E-state index contributed by atoms with van der Waals surface area (Å²) in [6, 6.07) is 14.6. The number of anilines is 1. The van der Waals surface area contributed by atoms with Crippen molar-refractivity contribution in [1.82, 2.24) is 9.80 Å². The van der Waals surface area contributed by atoms with Crippen LogP contribution in [-0.4, -0.2) is 68.1 Å². The van der Waals surface area contributed by atoms with Crippen molar-refractivity contribution in [2.75, 3.05) is 31.5 Å². The topological polar surface area (TPSA) is 99.2 Å². The molecule has 232 valence electrons. The molecule has 0 aromatic heterocycles. The Morgan fingerprint density at radius 3 is 2.37 bits per heavy atom. The summed E-state index contributed by atoms with van der Waals surface area (Å²) < 4.78 is 74.5. The summed E-state index contributed by atoms with van der Waals surface area (Å²) in [5.74, 6) is -0.658. The summed E-state index contributed by atoms with van der Waals surface area (Å²) in [7, 11) is -2.30. The van der Waals surface area contributed by atoms with Gasteiger partial charge in [0.15, 0.2) is 5.75 Å². The Kier molecular flexibility index (Phi) is 9.95. The number of hydrogen-bond donors (Lipinski definition) is 2. The maximum atomic E-state index is 13.7. The minimum absolute atomic E-state index is 0.0385. The third-order valence-corrected chi connectivity index (χ3v) is 8.92. The van der Waals surface area contributed by atoms with Gasteiger partial charge in [0, 0.05) is 30.6 Å². The molecule has 1 aliphatic rings. The molecule has 43 heavy (non-hydrogen) atoms. The summed E-state index contributed by atoms with van der Waals surface area (Å²) in [5, 5.41) is 10.3. The quantitative estimate of drug-likeness (QED) is 0.320. The molecule has 0 fully saturated rings. The summed E-state index contributed by atoms with van der Waals surface area (Å²) >= 11 is 5.92. The third kappa shape index (κ3) is 7.80. The monoisotopic (exact) mass is 639 g/mol. The lowest BCUT2D eigenvalue weighted by molar-refractivity contribution is -0.137. The molecule has 4 rings (SSSR count). The van der Waals surface area contributed by atoms with Crippen LogP contribution in [0.25, 0.3) is 0 Å². The van der Waals surface area contributed by atoms with E-state index >= 15 is 0 Å². The number of ether oxygens (including phenoxy) is 1. The first kappa shape index (κ1) is 32.6. The van der Waals surface area contributed by atoms with E-state index < -0.39 is 39.8 Å². The number of alkyl halides is 3. The molecule has 3 aromatic carbocycles. The average molecular weight is 640 g/mol. The molecule has 0 saturated carbocycles. The van der Waals surface area contributed by atoms with Crippen LogP contribution in [0.1, 0.15) is 35.3 Å². The van der Waals surface area contributed by atoms with Gasteiger partial charge in [0.05, 0.1) is 34.4 Å². The molecular formula is C30H33ClF3N3O5S. The molecule has 0 bridgehead atoms. The Morgan fingerprint density at radius 1 is 1.12 bits per heavy atom. The zero-order valence-corrected chi connectivity index (χ0v) is 25.4. The molecular weight excluding hydrogens is 607 g/mol. The van der Waals surface area contributed by atoms with Gasteiger partial charge in [-0.25, -0.2) is 8.42 Å². The van der Waals surface area contributed by atoms with E-state index in [-0.39, 0.29) is 41.0 Å². The van der Waals surface area contributed by atoms with Gasteiger partial charge >= 0.3 is 6.18 Å². The Hall–Kier alpha value is -3.32. The van der Waals surface area contributed by atoms with Gasteiger partial charge in [-0.15, -0.1) is 0 Å². The molecule has 1 heterocycles. The highest BCUT2D eigenvalue weighted by atomic mass is 35.5. The van der Waals surface area contributed by atoms with Gasteiger partial charge in [-0.1, -0.05) is 36.7 Å². The number of nitrogens with one attached hydrogen (secondary N) is 1. The van der Waals surface area contributed by atoms with Crippen LogP contribution in [-0.2, 0) is 22.7 Å². The number of halogens is 4. The van der Waals surface area contributed by atoms with E-state index in [4.69, 9.17) is 16.3 Å². The second kappa shape index (κ2) is 13.1. The number of hydrogen-bond acceptors (Lipinski definition) is 6. The number of para-hydroxylation sites is 1. The van der Waals surface area contributed by atoms with E-state index in [0.29, 0.717) is 23.7 Å². The Morgan fingerprint density at radius 2 is 1.77 bits per heavy atom. The second-order valence-electron chi connectivity index (χ2n) is 10.8. The summed E-state index contributed by atoms with van der Waals surface area (Å²) in [5.41, 5.74) is 0.112. The highest BCUT2D eigenvalue weighted by molar-refractivity contribution is 7.92. The van der Waals surface area contributed by atoms with Crippen LogP contribution >= 0.6 is 11.6 Å². The van der Waals surface area contributed by atoms with Crippen LogP contribution in [0, 0.1) is 5.92 Å². The van der Waals surface area contributed by atoms with Crippen molar-refractivity contribution >= 4 is 33.2 Å². The predicted octanol–water partition coefficient (Wildman–Crippen LogP) is 5.51. The number of aliphatic hydroxyl groups excluding tert-OH is 1. The highest BCUT2D eigenvalue weighted by Gasteiger charge is 2.35. The number of amides is 1. The van der Waals surface area contributed by atoms with Gasteiger partial charge < -0.3 is 14.7 Å². The van der Waals surface area contributed by atoms with Gasteiger partial charge in [0.25, 0.3) is 15.9 Å². The van der Waals surface area contributed by atoms with Crippen molar-refractivity contribution in [3.63, 3.8) is 0 Å². The SMILES string of the molecule is C[C@H](CO)N1C[C@H](C)[C@H](CN(C)Cc2ccc(C(F)(F)F)cc2)Oc2c(NS(=O)(=O)c3ccc(Cl)cc3)cccc2C1=O.